The van der Waals surface area contributed by atoms with E-state index in [0.29, 0.717) is 18.1 Å². The Hall–Kier alpha value is -1.52. The largest absolute Gasteiger partial charge is 0.307 e. The summed E-state index contributed by atoms with van der Waals surface area (Å²) in [5.41, 5.74) is 2.46. The summed E-state index contributed by atoms with van der Waals surface area (Å²) in [5.74, 6) is -0.286. The van der Waals surface area contributed by atoms with Crippen molar-refractivity contribution in [3.8, 4) is 0 Å². The second-order valence-electron chi connectivity index (χ2n) is 3.99. The van der Waals surface area contributed by atoms with E-state index in [4.69, 9.17) is 11.6 Å². The molecule has 1 aromatic heterocycles. The van der Waals surface area contributed by atoms with Crippen molar-refractivity contribution in [1.82, 2.24) is 15.3 Å². The van der Waals surface area contributed by atoms with Crippen LogP contribution in [0.3, 0.4) is 0 Å². The number of halogens is 2. The zero-order chi connectivity index (χ0) is 13.0. The Balaban J connectivity index is 1.92. The Morgan fingerprint density at radius 2 is 2.06 bits per heavy atom. The number of hydrogen-bond donors (Lipinski definition) is 1. The lowest BCUT2D eigenvalue weighted by Gasteiger charge is -2.06. The van der Waals surface area contributed by atoms with Crippen LogP contribution in [0.1, 0.15) is 17.0 Å². The molecular formula is C13H13ClFN3. The highest BCUT2D eigenvalue weighted by atomic mass is 35.5. The van der Waals surface area contributed by atoms with Gasteiger partial charge >= 0.3 is 0 Å². The summed E-state index contributed by atoms with van der Waals surface area (Å²) in [5, 5.41) is 3.71. The van der Waals surface area contributed by atoms with Crippen LogP contribution in [0, 0.1) is 12.7 Å². The Labute approximate surface area is 110 Å². The summed E-state index contributed by atoms with van der Waals surface area (Å²) in [6.45, 7) is 2.95. The number of benzene rings is 1. The van der Waals surface area contributed by atoms with Crippen LogP contribution in [-0.2, 0) is 13.1 Å². The molecule has 5 heteroatoms. The average molecular weight is 266 g/mol. The van der Waals surface area contributed by atoms with Crippen LogP contribution in [0.25, 0.3) is 0 Å². The quantitative estimate of drug-likeness (QED) is 0.924. The van der Waals surface area contributed by atoms with Gasteiger partial charge in [0.05, 0.1) is 11.4 Å². The molecule has 94 valence electrons. The van der Waals surface area contributed by atoms with E-state index < -0.39 is 0 Å². The van der Waals surface area contributed by atoms with E-state index in [0.717, 1.165) is 17.0 Å². The maximum Gasteiger partial charge on any atom is 0.123 e. The summed E-state index contributed by atoms with van der Waals surface area (Å²) in [6, 6.07) is 4.33. The van der Waals surface area contributed by atoms with E-state index >= 15 is 0 Å². The maximum absolute atomic E-state index is 13.0. The minimum Gasteiger partial charge on any atom is -0.307 e. The second kappa shape index (κ2) is 5.89. The number of aromatic nitrogens is 2. The highest BCUT2D eigenvalue weighted by molar-refractivity contribution is 6.31. The number of nitrogens with one attached hydrogen (secondary N) is 1. The molecule has 1 heterocycles. The van der Waals surface area contributed by atoms with Gasteiger partial charge in [-0.2, -0.15) is 0 Å². The van der Waals surface area contributed by atoms with Crippen molar-refractivity contribution in [2.75, 3.05) is 0 Å². The summed E-state index contributed by atoms with van der Waals surface area (Å²) in [6.07, 6.45) is 3.43. The minimum absolute atomic E-state index is 0.286. The Morgan fingerprint density at radius 1 is 1.22 bits per heavy atom. The Morgan fingerprint density at radius 3 is 2.78 bits per heavy atom. The Bertz CT molecular complexity index is 528. The van der Waals surface area contributed by atoms with Crippen LogP contribution in [0.5, 0.6) is 0 Å². The summed E-state index contributed by atoms with van der Waals surface area (Å²) >= 11 is 5.96. The third-order valence-electron chi connectivity index (χ3n) is 2.46. The molecule has 0 aliphatic rings. The van der Waals surface area contributed by atoms with Gasteiger partial charge in [-0.3, -0.25) is 9.97 Å². The lowest BCUT2D eigenvalue weighted by Crippen LogP contribution is -2.14. The first-order valence-corrected chi connectivity index (χ1v) is 5.95. The van der Waals surface area contributed by atoms with Crippen molar-refractivity contribution in [2.45, 2.75) is 20.0 Å². The molecule has 0 bridgehead atoms. The first-order chi connectivity index (χ1) is 8.65. The smallest absolute Gasteiger partial charge is 0.123 e. The standard InChI is InChI=1S/C13H13ClFN3/c1-9-5-18-12(8-17-9)7-16-6-10-4-11(15)2-3-13(10)14/h2-5,8,16H,6-7H2,1H3. The summed E-state index contributed by atoms with van der Waals surface area (Å²) in [7, 11) is 0. The number of nitrogens with zero attached hydrogens (tertiary/aromatic N) is 2. The molecule has 0 aliphatic heterocycles. The van der Waals surface area contributed by atoms with Gasteiger partial charge in [0.1, 0.15) is 5.82 Å². The molecule has 0 fully saturated rings. The van der Waals surface area contributed by atoms with Gasteiger partial charge < -0.3 is 5.32 Å². The van der Waals surface area contributed by atoms with Gasteiger partial charge in [0, 0.05) is 30.5 Å². The number of hydrogen-bond acceptors (Lipinski definition) is 3. The zero-order valence-corrected chi connectivity index (χ0v) is 10.7. The van der Waals surface area contributed by atoms with Gasteiger partial charge in [-0.05, 0) is 30.7 Å². The van der Waals surface area contributed by atoms with E-state index in [2.05, 4.69) is 15.3 Å². The van der Waals surface area contributed by atoms with Crippen molar-refractivity contribution < 1.29 is 4.39 Å². The van der Waals surface area contributed by atoms with Gasteiger partial charge in [0.25, 0.3) is 0 Å². The van der Waals surface area contributed by atoms with Crippen LogP contribution in [0.4, 0.5) is 4.39 Å². The molecule has 1 N–H and O–H groups in total. The fraction of sp³-hybridized carbons (Fsp3) is 0.231. The van der Waals surface area contributed by atoms with Gasteiger partial charge in [-0.1, -0.05) is 11.6 Å². The molecule has 0 saturated heterocycles. The molecule has 0 unspecified atom stereocenters. The SMILES string of the molecule is Cc1cnc(CNCc2cc(F)ccc2Cl)cn1. The van der Waals surface area contributed by atoms with Crippen LogP contribution < -0.4 is 5.32 Å². The fourth-order valence-corrected chi connectivity index (χ4v) is 1.70. The van der Waals surface area contributed by atoms with Gasteiger partial charge in [0.2, 0.25) is 0 Å². The monoisotopic (exact) mass is 265 g/mol. The third-order valence-corrected chi connectivity index (χ3v) is 2.83. The lowest BCUT2D eigenvalue weighted by atomic mass is 10.2. The zero-order valence-electron chi connectivity index (χ0n) is 9.95. The molecule has 0 amide bonds. The van der Waals surface area contributed by atoms with E-state index in [1.54, 1.807) is 18.5 Å². The molecule has 1 aromatic carbocycles. The highest BCUT2D eigenvalue weighted by Gasteiger charge is 2.02. The fourth-order valence-electron chi connectivity index (χ4n) is 1.51. The Kier molecular flexibility index (Phi) is 4.23. The molecule has 2 aromatic rings. The topological polar surface area (TPSA) is 37.8 Å². The molecule has 0 saturated carbocycles. The molecule has 0 aliphatic carbocycles. The van der Waals surface area contributed by atoms with Crippen molar-refractivity contribution in [3.63, 3.8) is 0 Å². The van der Waals surface area contributed by atoms with E-state index in [1.807, 2.05) is 6.92 Å². The van der Waals surface area contributed by atoms with Gasteiger partial charge in [-0.15, -0.1) is 0 Å². The molecular weight excluding hydrogens is 253 g/mol. The first-order valence-electron chi connectivity index (χ1n) is 5.57. The second-order valence-corrected chi connectivity index (χ2v) is 4.40. The predicted octanol–water partition coefficient (Wildman–Crippen LogP) is 2.87. The first kappa shape index (κ1) is 12.9. The molecule has 2 rings (SSSR count). The number of rotatable bonds is 4. The molecule has 0 radical (unpaired) electrons. The maximum atomic E-state index is 13.0. The number of aryl methyl sites for hydroxylation is 1. The normalized spacial score (nSPS) is 10.6. The molecule has 18 heavy (non-hydrogen) atoms. The highest BCUT2D eigenvalue weighted by Crippen LogP contribution is 2.16. The van der Waals surface area contributed by atoms with Crippen molar-refractivity contribution in [1.29, 1.82) is 0 Å². The average Bonchev–Trinajstić information content (AvgIpc) is 2.36. The predicted molar refractivity (Wildman–Crippen MR) is 68.7 cm³/mol. The van der Waals surface area contributed by atoms with Gasteiger partial charge in [-0.25, -0.2) is 4.39 Å². The molecule has 0 atom stereocenters. The molecule has 3 nitrogen and oxygen atoms in total. The van der Waals surface area contributed by atoms with Crippen LogP contribution in [0.15, 0.2) is 30.6 Å². The van der Waals surface area contributed by atoms with Crippen molar-refractivity contribution in [2.24, 2.45) is 0 Å². The van der Waals surface area contributed by atoms with Crippen LogP contribution >= 0.6 is 11.6 Å². The summed E-state index contributed by atoms with van der Waals surface area (Å²) in [4.78, 5) is 8.37. The van der Waals surface area contributed by atoms with Crippen LogP contribution in [-0.4, -0.2) is 9.97 Å². The summed E-state index contributed by atoms with van der Waals surface area (Å²) < 4.78 is 13.0. The van der Waals surface area contributed by atoms with Gasteiger partial charge in [0.15, 0.2) is 0 Å². The van der Waals surface area contributed by atoms with Crippen LogP contribution in [0.2, 0.25) is 5.02 Å². The van der Waals surface area contributed by atoms with Crippen molar-refractivity contribution in [3.05, 3.63) is 58.4 Å². The minimum atomic E-state index is -0.286. The van der Waals surface area contributed by atoms with E-state index in [9.17, 15) is 4.39 Å². The lowest BCUT2D eigenvalue weighted by molar-refractivity contribution is 0.619. The third kappa shape index (κ3) is 3.48. The van der Waals surface area contributed by atoms with E-state index in [-0.39, 0.29) is 5.82 Å². The van der Waals surface area contributed by atoms with E-state index in [1.165, 1.54) is 12.1 Å². The van der Waals surface area contributed by atoms with Crippen molar-refractivity contribution >= 4 is 11.6 Å². The molecule has 0 spiro atoms.